The van der Waals surface area contributed by atoms with E-state index in [1.165, 1.54) is 0 Å². The smallest absolute Gasteiger partial charge is 0.224 e. The molecule has 3 heteroatoms. The molecule has 0 saturated heterocycles. The van der Waals surface area contributed by atoms with E-state index >= 15 is 0 Å². The predicted molar refractivity (Wildman–Crippen MR) is 81.1 cm³/mol. The van der Waals surface area contributed by atoms with Crippen molar-refractivity contribution in [1.82, 2.24) is 0 Å². The van der Waals surface area contributed by atoms with Crippen LogP contribution in [0.2, 0.25) is 0 Å². The number of anilines is 1. The largest absolute Gasteiger partial charge is 0.326 e. The summed E-state index contributed by atoms with van der Waals surface area (Å²) in [6.07, 6.45) is 4.26. The second-order valence-electron chi connectivity index (χ2n) is 4.99. The molecule has 3 nitrogen and oxygen atoms in total. The Bertz CT molecular complexity index is 397. The number of rotatable bonds is 7. The summed E-state index contributed by atoms with van der Waals surface area (Å²) in [5.41, 5.74) is 7.72. The van der Waals surface area contributed by atoms with E-state index in [-0.39, 0.29) is 5.91 Å². The van der Waals surface area contributed by atoms with E-state index < -0.39 is 0 Å². The number of hydrogen-bond acceptors (Lipinski definition) is 2. The Morgan fingerprint density at radius 1 is 1.26 bits per heavy atom. The third kappa shape index (κ3) is 4.35. The molecule has 1 rings (SSSR count). The van der Waals surface area contributed by atoms with Crippen molar-refractivity contribution >= 4 is 11.6 Å². The van der Waals surface area contributed by atoms with Crippen LogP contribution in [-0.2, 0) is 11.3 Å². The molecule has 0 saturated carbocycles. The molecule has 1 aromatic rings. The first kappa shape index (κ1) is 15.7. The van der Waals surface area contributed by atoms with Crippen LogP contribution in [0.15, 0.2) is 24.3 Å². The topological polar surface area (TPSA) is 46.3 Å². The maximum absolute atomic E-state index is 12.0. The molecule has 106 valence electrons. The van der Waals surface area contributed by atoms with Crippen LogP contribution in [0.25, 0.3) is 0 Å². The molecule has 0 heterocycles. The van der Waals surface area contributed by atoms with Crippen LogP contribution in [0.4, 0.5) is 5.69 Å². The molecule has 2 N–H and O–H groups in total. The standard InChI is InChI=1S/C16H26N2O/c1-4-7-15(8-5-2)18(13(3)19)16-10-6-9-14(11-16)12-17/h6,9-11,15H,4-5,7-8,12,17H2,1-3H3. The van der Waals surface area contributed by atoms with Gasteiger partial charge in [-0.2, -0.15) is 0 Å². The van der Waals surface area contributed by atoms with E-state index in [2.05, 4.69) is 13.8 Å². The van der Waals surface area contributed by atoms with E-state index in [9.17, 15) is 4.79 Å². The van der Waals surface area contributed by atoms with Crippen LogP contribution in [0.1, 0.15) is 52.0 Å². The minimum absolute atomic E-state index is 0.112. The summed E-state index contributed by atoms with van der Waals surface area (Å²) >= 11 is 0. The summed E-state index contributed by atoms with van der Waals surface area (Å²) in [4.78, 5) is 14.0. The van der Waals surface area contributed by atoms with Crippen molar-refractivity contribution in [2.24, 2.45) is 5.73 Å². The van der Waals surface area contributed by atoms with Crippen molar-refractivity contribution in [3.63, 3.8) is 0 Å². The lowest BCUT2D eigenvalue weighted by Gasteiger charge is -2.31. The molecule has 0 aromatic heterocycles. The van der Waals surface area contributed by atoms with E-state index in [0.29, 0.717) is 12.6 Å². The molecule has 0 aliphatic heterocycles. The number of amides is 1. The van der Waals surface area contributed by atoms with Crippen molar-refractivity contribution in [1.29, 1.82) is 0 Å². The Kier molecular flexibility index (Phi) is 6.57. The summed E-state index contributed by atoms with van der Waals surface area (Å²) < 4.78 is 0. The summed E-state index contributed by atoms with van der Waals surface area (Å²) in [6.45, 7) is 6.48. The molecule has 0 aliphatic rings. The van der Waals surface area contributed by atoms with Crippen molar-refractivity contribution in [2.75, 3.05) is 4.90 Å². The van der Waals surface area contributed by atoms with Crippen molar-refractivity contribution in [2.45, 2.75) is 59.0 Å². The third-order valence-electron chi connectivity index (χ3n) is 3.37. The molecule has 19 heavy (non-hydrogen) atoms. The van der Waals surface area contributed by atoms with Crippen LogP contribution < -0.4 is 10.6 Å². The molecule has 1 amide bonds. The molecule has 0 bridgehead atoms. The minimum Gasteiger partial charge on any atom is -0.326 e. The second kappa shape index (κ2) is 7.95. The van der Waals surface area contributed by atoms with Gasteiger partial charge in [-0.1, -0.05) is 38.8 Å². The first-order valence-corrected chi connectivity index (χ1v) is 7.22. The van der Waals surface area contributed by atoms with Gasteiger partial charge < -0.3 is 10.6 Å². The zero-order valence-corrected chi connectivity index (χ0v) is 12.4. The summed E-state index contributed by atoms with van der Waals surface area (Å²) in [6, 6.07) is 8.29. The number of carbonyl (C=O) groups excluding carboxylic acids is 1. The van der Waals surface area contributed by atoms with Crippen LogP contribution >= 0.6 is 0 Å². The van der Waals surface area contributed by atoms with Gasteiger partial charge in [0.2, 0.25) is 5.91 Å². The highest BCUT2D eigenvalue weighted by molar-refractivity contribution is 5.92. The van der Waals surface area contributed by atoms with Gasteiger partial charge in [0.1, 0.15) is 0 Å². The van der Waals surface area contributed by atoms with Crippen LogP contribution in [0, 0.1) is 0 Å². The fourth-order valence-corrected chi connectivity index (χ4v) is 2.55. The monoisotopic (exact) mass is 262 g/mol. The van der Waals surface area contributed by atoms with Crippen LogP contribution in [0.5, 0.6) is 0 Å². The van der Waals surface area contributed by atoms with Gasteiger partial charge in [-0.3, -0.25) is 4.79 Å². The van der Waals surface area contributed by atoms with Crippen molar-refractivity contribution in [3.8, 4) is 0 Å². The fourth-order valence-electron chi connectivity index (χ4n) is 2.55. The molecule has 1 aromatic carbocycles. The zero-order valence-electron chi connectivity index (χ0n) is 12.4. The van der Waals surface area contributed by atoms with E-state index in [1.54, 1.807) is 6.92 Å². The lowest BCUT2D eigenvalue weighted by molar-refractivity contribution is -0.117. The molecule has 0 aliphatic carbocycles. The average molecular weight is 262 g/mol. The SMILES string of the molecule is CCCC(CCC)N(C(C)=O)c1cccc(CN)c1. The van der Waals surface area contributed by atoms with Crippen LogP contribution in [-0.4, -0.2) is 11.9 Å². The summed E-state index contributed by atoms with van der Waals surface area (Å²) in [5.74, 6) is 0.112. The van der Waals surface area contributed by atoms with Gasteiger partial charge >= 0.3 is 0 Å². The molecular weight excluding hydrogens is 236 g/mol. The molecule has 0 fully saturated rings. The maximum atomic E-state index is 12.0. The normalized spacial score (nSPS) is 10.8. The van der Waals surface area contributed by atoms with E-state index in [4.69, 9.17) is 5.73 Å². The number of carbonyl (C=O) groups is 1. The highest BCUT2D eigenvalue weighted by Crippen LogP contribution is 2.23. The first-order valence-electron chi connectivity index (χ1n) is 7.22. The number of benzene rings is 1. The van der Waals surface area contributed by atoms with Crippen LogP contribution in [0.3, 0.4) is 0 Å². The van der Waals surface area contributed by atoms with E-state index in [0.717, 1.165) is 36.9 Å². The Morgan fingerprint density at radius 2 is 1.89 bits per heavy atom. The Balaban J connectivity index is 3.06. The van der Waals surface area contributed by atoms with Gasteiger partial charge in [0.05, 0.1) is 0 Å². The van der Waals surface area contributed by atoms with E-state index in [1.807, 2.05) is 29.2 Å². The Labute approximate surface area is 116 Å². The highest BCUT2D eigenvalue weighted by atomic mass is 16.2. The number of nitrogens with zero attached hydrogens (tertiary/aromatic N) is 1. The maximum Gasteiger partial charge on any atom is 0.224 e. The molecule has 0 spiro atoms. The zero-order chi connectivity index (χ0) is 14.3. The lowest BCUT2D eigenvalue weighted by Crippen LogP contribution is -2.39. The molecule has 0 unspecified atom stereocenters. The lowest BCUT2D eigenvalue weighted by atomic mass is 10.0. The summed E-state index contributed by atoms with van der Waals surface area (Å²) in [5, 5.41) is 0. The Hall–Kier alpha value is -1.35. The first-order chi connectivity index (χ1) is 9.13. The van der Waals surface area contributed by atoms with Gasteiger partial charge in [-0.15, -0.1) is 0 Å². The second-order valence-corrected chi connectivity index (χ2v) is 4.99. The van der Waals surface area contributed by atoms with Gasteiger partial charge in [-0.05, 0) is 30.5 Å². The van der Waals surface area contributed by atoms with Crippen molar-refractivity contribution < 1.29 is 4.79 Å². The average Bonchev–Trinajstić information content (AvgIpc) is 2.39. The number of hydrogen-bond donors (Lipinski definition) is 1. The quantitative estimate of drug-likeness (QED) is 0.818. The summed E-state index contributed by atoms with van der Waals surface area (Å²) in [7, 11) is 0. The van der Waals surface area contributed by atoms with Gasteiger partial charge in [0.15, 0.2) is 0 Å². The molecule has 0 radical (unpaired) electrons. The van der Waals surface area contributed by atoms with Crippen molar-refractivity contribution in [3.05, 3.63) is 29.8 Å². The highest BCUT2D eigenvalue weighted by Gasteiger charge is 2.21. The molecular formula is C16H26N2O. The number of nitrogens with two attached hydrogens (primary N) is 1. The fraction of sp³-hybridized carbons (Fsp3) is 0.562. The minimum atomic E-state index is 0.112. The molecule has 0 atom stereocenters. The third-order valence-corrected chi connectivity index (χ3v) is 3.37. The van der Waals surface area contributed by atoms with Gasteiger partial charge in [0.25, 0.3) is 0 Å². The predicted octanol–water partition coefficient (Wildman–Crippen LogP) is 3.47. The van der Waals surface area contributed by atoms with Gasteiger partial charge in [-0.25, -0.2) is 0 Å². The Morgan fingerprint density at radius 3 is 2.37 bits per heavy atom. The van der Waals surface area contributed by atoms with Gasteiger partial charge in [0, 0.05) is 25.2 Å².